The van der Waals surface area contributed by atoms with E-state index in [1.165, 1.54) is 0 Å². The first-order chi connectivity index (χ1) is 15.7. The molecule has 3 heterocycles. The van der Waals surface area contributed by atoms with Crippen LogP contribution in [-0.2, 0) is 4.79 Å². The molecule has 2 aromatic carbocycles. The highest BCUT2D eigenvalue weighted by atomic mass is 16.5. The van der Waals surface area contributed by atoms with E-state index in [0.29, 0.717) is 43.2 Å². The van der Waals surface area contributed by atoms with Gasteiger partial charge in [0.2, 0.25) is 5.91 Å². The van der Waals surface area contributed by atoms with Gasteiger partial charge in [0.1, 0.15) is 12.4 Å². The summed E-state index contributed by atoms with van der Waals surface area (Å²) in [7, 11) is 0. The average Bonchev–Trinajstić information content (AvgIpc) is 2.90. The molecule has 162 valence electrons. The number of nitrogens with one attached hydrogen (secondary N) is 1. The Balaban J connectivity index is 1.36. The van der Waals surface area contributed by atoms with Gasteiger partial charge in [0.15, 0.2) is 0 Å². The molecule has 1 aromatic heterocycles. The summed E-state index contributed by atoms with van der Waals surface area (Å²) >= 11 is 0. The number of carbonyl (C=O) groups is 2. The lowest BCUT2D eigenvalue weighted by Crippen LogP contribution is -2.57. The van der Waals surface area contributed by atoms with Crippen molar-refractivity contribution in [2.24, 2.45) is 0 Å². The molecule has 1 fully saturated rings. The van der Waals surface area contributed by atoms with Crippen molar-refractivity contribution in [1.29, 1.82) is 0 Å². The summed E-state index contributed by atoms with van der Waals surface area (Å²) in [6, 6.07) is 19.3. The standard InChI is InChI=1S/C25H24N4O3/c30-24-16-28-11-12-29(25(31)20-7-4-10-26-14-20)15-21(28)17-32-23-9-8-19(13-22(23)27-24)18-5-2-1-3-6-18/h1-10,13-14,21H,11-12,15-17H2,(H,27,30)/t21-/m0/s1. The number of carbonyl (C=O) groups excluding carboxylic acids is 2. The number of benzene rings is 2. The predicted molar refractivity (Wildman–Crippen MR) is 122 cm³/mol. The van der Waals surface area contributed by atoms with Crippen LogP contribution < -0.4 is 10.1 Å². The van der Waals surface area contributed by atoms with Crippen LogP contribution in [0.25, 0.3) is 11.1 Å². The van der Waals surface area contributed by atoms with Crippen LogP contribution >= 0.6 is 0 Å². The Bertz CT molecular complexity index is 1120. The zero-order valence-electron chi connectivity index (χ0n) is 17.6. The van der Waals surface area contributed by atoms with Gasteiger partial charge in [-0.15, -0.1) is 0 Å². The normalized spacial score (nSPS) is 18.8. The van der Waals surface area contributed by atoms with Crippen molar-refractivity contribution >= 4 is 17.5 Å². The van der Waals surface area contributed by atoms with E-state index < -0.39 is 0 Å². The Morgan fingerprint density at radius 1 is 1.03 bits per heavy atom. The second kappa shape index (κ2) is 8.80. The van der Waals surface area contributed by atoms with Gasteiger partial charge in [0.25, 0.3) is 5.91 Å². The molecule has 7 heteroatoms. The maximum absolute atomic E-state index is 12.9. The number of fused-ring (bicyclic) bond motifs is 2. The zero-order chi connectivity index (χ0) is 21.9. The maximum atomic E-state index is 12.9. The van der Waals surface area contributed by atoms with E-state index in [4.69, 9.17) is 4.74 Å². The molecule has 0 radical (unpaired) electrons. The van der Waals surface area contributed by atoms with Crippen LogP contribution in [-0.4, -0.2) is 65.4 Å². The highest BCUT2D eigenvalue weighted by Gasteiger charge is 2.33. The summed E-state index contributed by atoms with van der Waals surface area (Å²) in [5, 5.41) is 3.01. The lowest BCUT2D eigenvalue weighted by atomic mass is 10.0. The molecule has 2 aliphatic rings. The minimum Gasteiger partial charge on any atom is -0.490 e. The number of anilines is 1. The van der Waals surface area contributed by atoms with Crippen molar-refractivity contribution in [3.05, 3.63) is 78.6 Å². The van der Waals surface area contributed by atoms with Crippen LogP contribution in [0.3, 0.4) is 0 Å². The predicted octanol–water partition coefficient (Wildman–Crippen LogP) is 2.91. The highest BCUT2D eigenvalue weighted by molar-refractivity contribution is 5.95. The fraction of sp³-hybridized carbons (Fsp3) is 0.240. The monoisotopic (exact) mass is 428 g/mol. The summed E-state index contributed by atoms with van der Waals surface area (Å²) in [4.78, 5) is 33.6. The molecule has 32 heavy (non-hydrogen) atoms. The molecule has 1 saturated heterocycles. The number of ether oxygens (including phenoxy) is 1. The van der Waals surface area contributed by atoms with Gasteiger partial charge in [-0.1, -0.05) is 36.4 Å². The summed E-state index contributed by atoms with van der Waals surface area (Å²) in [5.41, 5.74) is 3.32. The zero-order valence-corrected chi connectivity index (χ0v) is 17.6. The number of rotatable bonds is 2. The Hall–Kier alpha value is -3.71. The molecule has 1 N–H and O–H groups in total. The molecule has 5 rings (SSSR count). The molecular formula is C25H24N4O3. The third kappa shape index (κ3) is 4.20. The van der Waals surface area contributed by atoms with Gasteiger partial charge in [-0.05, 0) is 35.4 Å². The van der Waals surface area contributed by atoms with E-state index in [-0.39, 0.29) is 24.4 Å². The summed E-state index contributed by atoms with van der Waals surface area (Å²) < 4.78 is 6.14. The molecule has 2 amide bonds. The van der Waals surface area contributed by atoms with Crippen molar-refractivity contribution < 1.29 is 14.3 Å². The summed E-state index contributed by atoms with van der Waals surface area (Å²) in [6.07, 6.45) is 3.24. The van der Waals surface area contributed by atoms with Crippen molar-refractivity contribution in [3.8, 4) is 16.9 Å². The lowest BCUT2D eigenvalue weighted by molar-refractivity contribution is -0.118. The first-order valence-corrected chi connectivity index (χ1v) is 10.7. The third-order valence-corrected chi connectivity index (χ3v) is 5.94. The van der Waals surface area contributed by atoms with Gasteiger partial charge in [-0.2, -0.15) is 0 Å². The Kier molecular flexibility index (Phi) is 5.56. The minimum absolute atomic E-state index is 0.0463. The van der Waals surface area contributed by atoms with Crippen LogP contribution in [0.15, 0.2) is 73.1 Å². The van der Waals surface area contributed by atoms with Crippen molar-refractivity contribution in [3.63, 3.8) is 0 Å². The quantitative estimate of drug-likeness (QED) is 0.679. The molecular weight excluding hydrogens is 404 g/mol. The first-order valence-electron chi connectivity index (χ1n) is 10.7. The van der Waals surface area contributed by atoms with E-state index in [9.17, 15) is 9.59 Å². The molecule has 0 aliphatic carbocycles. The average molecular weight is 428 g/mol. The van der Waals surface area contributed by atoms with Gasteiger partial charge in [-0.25, -0.2) is 0 Å². The van der Waals surface area contributed by atoms with E-state index in [0.717, 1.165) is 11.1 Å². The van der Waals surface area contributed by atoms with Gasteiger partial charge in [0, 0.05) is 32.0 Å². The number of piperazine rings is 1. The number of pyridine rings is 1. The molecule has 0 unspecified atom stereocenters. The number of aromatic nitrogens is 1. The number of amides is 2. The molecule has 7 nitrogen and oxygen atoms in total. The smallest absolute Gasteiger partial charge is 0.255 e. The van der Waals surface area contributed by atoms with Crippen molar-refractivity contribution in [1.82, 2.24) is 14.8 Å². The first kappa shape index (κ1) is 20.2. The second-order valence-corrected chi connectivity index (χ2v) is 8.05. The molecule has 0 bridgehead atoms. The van der Waals surface area contributed by atoms with Gasteiger partial charge < -0.3 is 15.0 Å². The maximum Gasteiger partial charge on any atom is 0.255 e. The SMILES string of the molecule is O=C1CN2CCN(C(=O)c3cccnc3)C[C@H]2COc2ccc(-c3ccccc3)cc2N1. The van der Waals surface area contributed by atoms with E-state index in [1.807, 2.05) is 53.4 Å². The third-order valence-electron chi connectivity index (χ3n) is 5.94. The molecule has 2 aliphatic heterocycles. The van der Waals surface area contributed by atoms with Crippen molar-refractivity contribution in [2.75, 3.05) is 38.1 Å². The van der Waals surface area contributed by atoms with Gasteiger partial charge >= 0.3 is 0 Å². The fourth-order valence-corrected chi connectivity index (χ4v) is 4.24. The van der Waals surface area contributed by atoms with E-state index >= 15 is 0 Å². The summed E-state index contributed by atoms with van der Waals surface area (Å²) in [5.74, 6) is 0.504. The van der Waals surface area contributed by atoms with E-state index in [2.05, 4.69) is 15.2 Å². The second-order valence-electron chi connectivity index (χ2n) is 8.05. The number of nitrogens with zero attached hydrogens (tertiary/aromatic N) is 3. The molecule has 0 spiro atoms. The molecule has 3 aromatic rings. The Morgan fingerprint density at radius 3 is 2.72 bits per heavy atom. The van der Waals surface area contributed by atoms with E-state index in [1.54, 1.807) is 24.5 Å². The van der Waals surface area contributed by atoms with Gasteiger partial charge in [-0.3, -0.25) is 19.5 Å². The van der Waals surface area contributed by atoms with Crippen molar-refractivity contribution in [2.45, 2.75) is 6.04 Å². The Labute approximate surface area is 186 Å². The fourth-order valence-electron chi connectivity index (χ4n) is 4.24. The summed E-state index contributed by atoms with van der Waals surface area (Å²) in [6.45, 7) is 2.32. The minimum atomic E-state index is -0.0843. The highest BCUT2D eigenvalue weighted by Crippen LogP contribution is 2.32. The van der Waals surface area contributed by atoms with Crippen LogP contribution in [0, 0.1) is 0 Å². The van der Waals surface area contributed by atoms with Crippen LogP contribution in [0.2, 0.25) is 0 Å². The Morgan fingerprint density at radius 2 is 1.91 bits per heavy atom. The van der Waals surface area contributed by atoms with Crippen LogP contribution in [0.1, 0.15) is 10.4 Å². The van der Waals surface area contributed by atoms with Crippen LogP contribution in [0.4, 0.5) is 5.69 Å². The lowest BCUT2D eigenvalue weighted by Gasteiger charge is -2.40. The van der Waals surface area contributed by atoms with Crippen LogP contribution in [0.5, 0.6) is 5.75 Å². The molecule has 0 saturated carbocycles. The number of hydrogen-bond acceptors (Lipinski definition) is 5. The number of hydrogen-bond donors (Lipinski definition) is 1. The largest absolute Gasteiger partial charge is 0.490 e. The molecule has 1 atom stereocenters. The van der Waals surface area contributed by atoms with Gasteiger partial charge in [0.05, 0.1) is 23.8 Å². The topological polar surface area (TPSA) is 74.8 Å².